The van der Waals surface area contributed by atoms with Crippen LogP contribution in [-0.4, -0.2) is 175 Å². The zero-order valence-electron chi connectivity index (χ0n) is 34.4. The fourth-order valence-corrected chi connectivity index (χ4v) is 5.49. The van der Waals surface area contributed by atoms with Crippen LogP contribution in [0.2, 0.25) is 0 Å². The number of aliphatic hydroxyl groups is 4. The Balaban J connectivity index is 4.24. The highest BCUT2D eigenvalue weighted by Gasteiger charge is 2.17. The Hall–Kier alpha value is -0.560. The summed E-state index contributed by atoms with van der Waals surface area (Å²) in [7, 11) is 1.64. The zero-order chi connectivity index (χ0) is 39.2. The molecular weight excluding hydrogens is 686 g/mol. The number of methoxy groups -OCH3 is 1. The number of ether oxygens (including phenoxy) is 7. The minimum Gasteiger partial charge on any atom is -0.389 e. The Kier molecular flexibility index (Phi) is 39.2. The van der Waals surface area contributed by atoms with Crippen molar-refractivity contribution in [1.82, 2.24) is 15.5 Å². The summed E-state index contributed by atoms with van der Waals surface area (Å²) in [6, 6.07) is 0.0428. The van der Waals surface area contributed by atoms with E-state index in [1.807, 2.05) is 18.7 Å². The van der Waals surface area contributed by atoms with E-state index in [-0.39, 0.29) is 52.2 Å². The van der Waals surface area contributed by atoms with Gasteiger partial charge in [0.2, 0.25) is 0 Å². The molecule has 0 amide bonds. The molecule has 0 spiro atoms. The lowest BCUT2D eigenvalue weighted by Crippen LogP contribution is -2.41. The summed E-state index contributed by atoms with van der Waals surface area (Å²) in [4.78, 5) is 2.04. The van der Waals surface area contributed by atoms with Gasteiger partial charge in [-0.1, -0.05) is 78.1 Å². The first-order valence-electron chi connectivity index (χ1n) is 20.6. The van der Waals surface area contributed by atoms with Gasteiger partial charge >= 0.3 is 0 Å². The largest absolute Gasteiger partial charge is 0.389 e. The van der Waals surface area contributed by atoms with E-state index >= 15 is 0 Å². The lowest BCUT2D eigenvalue weighted by atomic mass is 10.1. The molecule has 0 radical (unpaired) electrons. The van der Waals surface area contributed by atoms with Crippen LogP contribution in [0.5, 0.6) is 0 Å². The van der Waals surface area contributed by atoms with Crippen molar-refractivity contribution in [3.05, 3.63) is 0 Å². The van der Waals surface area contributed by atoms with Crippen LogP contribution < -0.4 is 10.6 Å². The number of aliphatic hydroxyl groups excluding tert-OH is 4. The molecule has 6 unspecified atom stereocenters. The highest BCUT2D eigenvalue weighted by atomic mass is 16.7. The molecular formula is C39H83N3O11. The molecule has 0 aliphatic heterocycles. The van der Waals surface area contributed by atoms with Crippen molar-refractivity contribution in [3.8, 4) is 0 Å². The van der Waals surface area contributed by atoms with E-state index in [1.54, 1.807) is 7.11 Å². The van der Waals surface area contributed by atoms with Gasteiger partial charge in [-0.15, -0.1) is 0 Å². The highest BCUT2D eigenvalue weighted by molar-refractivity contribution is 4.70. The Morgan fingerprint density at radius 3 is 1.62 bits per heavy atom. The van der Waals surface area contributed by atoms with Gasteiger partial charge in [-0.25, -0.2) is 0 Å². The number of rotatable bonds is 43. The number of nitrogens with one attached hydrogen (secondary N) is 2. The van der Waals surface area contributed by atoms with Gasteiger partial charge in [0.05, 0.1) is 83.4 Å². The number of nitrogens with zero attached hydrogens (tertiary/aromatic N) is 1. The SMILES string of the molecule is CCCCCCCCNCC(O)COCOCC(O)CN(CCCCCCCC)CC(O)COCOCC(O)CNC(C)COC(C)COCCOC. The van der Waals surface area contributed by atoms with Crippen molar-refractivity contribution in [2.45, 2.75) is 141 Å². The molecule has 0 aliphatic carbocycles. The molecule has 0 saturated heterocycles. The molecule has 6 atom stereocenters. The molecule has 0 aromatic carbocycles. The standard InChI is InChI=1S/C39H83N3O11/c1-6-8-10-12-14-16-18-40-22-36(43)28-49-32-51-30-38(45)24-42(19-17-15-13-11-9-7-2)25-39(46)31-52-33-50-29-37(44)23-41-34(3)26-53-35(4)27-48-21-20-47-5/h34-41,43-46H,6-33H2,1-5H3. The normalized spacial score (nSPS) is 15.5. The highest BCUT2D eigenvalue weighted by Crippen LogP contribution is 2.08. The molecule has 0 saturated carbocycles. The molecule has 0 fully saturated rings. The third kappa shape index (κ3) is 38.1. The van der Waals surface area contributed by atoms with Crippen LogP contribution in [0.25, 0.3) is 0 Å². The summed E-state index contributed by atoms with van der Waals surface area (Å²) in [6.45, 7) is 13.9. The van der Waals surface area contributed by atoms with Gasteiger partial charge in [0.25, 0.3) is 0 Å². The zero-order valence-corrected chi connectivity index (χ0v) is 34.4. The summed E-state index contributed by atoms with van der Waals surface area (Å²) in [5.74, 6) is 0. The smallest absolute Gasteiger partial charge is 0.146 e. The monoisotopic (exact) mass is 770 g/mol. The van der Waals surface area contributed by atoms with Crippen LogP contribution in [0.1, 0.15) is 105 Å². The fourth-order valence-electron chi connectivity index (χ4n) is 5.49. The molecule has 53 heavy (non-hydrogen) atoms. The average molecular weight is 770 g/mol. The summed E-state index contributed by atoms with van der Waals surface area (Å²) < 4.78 is 38.2. The van der Waals surface area contributed by atoms with Crippen molar-refractivity contribution in [2.75, 3.05) is 113 Å². The first kappa shape index (κ1) is 52.4. The van der Waals surface area contributed by atoms with E-state index in [1.165, 1.54) is 57.8 Å². The van der Waals surface area contributed by atoms with Gasteiger partial charge in [-0.2, -0.15) is 0 Å². The quantitative estimate of drug-likeness (QED) is 0.0395. The molecule has 14 heteroatoms. The van der Waals surface area contributed by atoms with Gasteiger partial charge in [0, 0.05) is 39.3 Å². The van der Waals surface area contributed by atoms with Gasteiger partial charge in [0.1, 0.15) is 13.6 Å². The Labute approximate surface area is 322 Å². The maximum Gasteiger partial charge on any atom is 0.146 e. The lowest BCUT2D eigenvalue weighted by molar-refractivity contribution is -0.106. The number of hydrogen-bond donors (Lipinski definition) is 6. The Morgan fingerprint density at radius 1 is 0.547 bits per heavy atom. The first-order valence-corrected chi connectivity index (χ1v) is 20.6. The summed E-state index contributed by atoms with van der Waals surface area (Å²) >= 11 is 0. The number of hydrogen-bond acceptors (Lipinski definition) is 14. The maximum atomic E-state index is 10.7. The summed E-state index contributed by atoms with van der Waals surface area (Å²) in [5.41, 5.74) is 0. The number of unbranched alkanes of at least 4 members (excludes halogenated alkanes) is 10. The molecule has 0 bridgehead atoms. The summed E-state index contributed by atoms with van der Waals surface area (Å²) in [5, 5.41) is 48.3. The molecule has 0 rings (SSSR count). The minimum atomic E-state index is -0.772. The van der Waals surface area contributed by atoms with E-state index in [0.29, 0.717) is 52.6 Å². The van der Waals surface area contributed by atoms with Crippen LogP contribution in [0.4, 0.5) is 0 Å². The average Bonchev–Trinajstić information content (AvgIpc) is 3.13. The van der Waals surface area contributed by atoms with E-state index in [2.05, 4.69) is 24.5 Å². The fraction of sp³-hybridized carbons (Fsp3) is 1.00. The molecule has 0 aromatic heterocycles. The predicted molar refractivity (Wildman–Crippen MR) is 209 cm³/mol. The third-order valence-corrected chi connectivity index (χ3v) is 8.54. The topological polar surface area (TPSA) is 173 Å². The predicted octanol–water partition coefficient (Wildman–Crippen LogP) is 3.07. The molecule has 14 nitrogen and oxygen atoms in total. The van der Waals surface area contributed by atoms with Crippen molar-refractivity contribution in [3.63, 3.8) is 0 Å². The van der Waals surface area contributed by atoms with Crippen molar-refractivity contribution < 1.29 is 53.6 Å². The van der Waals surface area contributed by atoms with E-state index < -0.39 is 24.4 Å². The van der Waals surface area contributed by atoms with Gasteiger partial charge in [0.15, 0.2) is 0 Å². The van der Waals surface area contributed by atoms with Crippen LogP contribution >= 0.6 is 0 Å². The molecule has 0 heterocycles. The molecule has 6 N–H and O–H groups in total. The molecule has 320 valence electrons. The summed E-state index contributed by atoms with van der Waals surface area (Å²) in [6.07, 6.45) is 11.4. The molecule has 0 aliphatic rings. The van der Waals surface area contributed by atoms with Crippen LogP contribution in [-0.2, 0) is 33.2 Å². The van der Waals surface area contributed by atoms with Crippen molar-refractivity contribution in [1.29, 1.82) is 0 Å². The van der Waals surface area contributed by atoms with E-state index in [0.717, 1.165) is 32.4 Å². The van der Waals surface area contributed by atoms with Crippen molar-refractivity contribution in [2.24, 2.45) is 0 Å². The van der Waals surface area contributed by atoms with Crippen LogP contribution in [0.3, 0.4) is 0 Å². The maximum absolute atomic E-state index is 10.7. The van der Waals surface area contributed by atoms with Crippen LogP contribution in [0.15, 0.2) is 0 Å². The van der Waals surface area contributed by atoms with E-state index in [4.69, 9.17) is 33.2 Å². The Morgan fingerprint density at radius 2 is 1.06 bits per heavy atom. The van der Waals surface area contributed by atoms with Crippen LogP contribution in [0, 0.1) is 0 Å². The van der Waals surface area contributed by atoms with E-state index in [9.17, 15) is 20.4 Å². The lowest BCUT2D eigenvalue weighted by Gasteiger charge is -2.27. The van der Waals surface area contributed by atoms with Crippen molar-refractivity contribution >= 4 is 0 Å². The van der Waals surface area contributed by atoms with Gasteiger partial charge < -0.3 is 64.2 Å². The van der Waals surface area contributed by atoms with Gasteiger partial charge in [-0.05, 0) is 39.8 Å². The molecule has 0 aromatic rings. The third-order valence-electron chi connectivity index (χ3n) is 8.54. The van der Waals surface area contributed by atoms with Gasteiger partial charge in [-0.3, -0.25) is 4.90 Å². The second kappa shape index (κ2) is 39.7. The second-order valence-electron chi connectivity index (χ2n) is 14.4. The Bertz CT molecular complexity index is 734. The minimum absolute atomic E-state index is 0.0111. The second-order valence-corrected chi connectivity index (χ2v) is 14.4. The first-order chi connectivity index (χ1) is 25.7.